The van der Waals surface area contributed by atoms with Gasteiger partial charge in [-0.15, -0.1) is 0 Å². The Hall–Kier alpha value is -4.46. The molecule has 0 aliphatic carbocycles. The van der Waals surface area contributed by atoms with Crippen LogP contribution in [0.1, 0.15) is 42.6 Å². The van der Waals surface area contributed by atoms with Crippen molar-refractivity contribution in [2.45, 2.75) is 37.8 Å². The summed E-state index contributed by atoms with van der Waals surface area (Å²) in [6.45, 7) is 5.22. The third-order valence-corrected chi connectivity index (χ3v) is 6.55. The van der Waals surface area contributed by atoms with Gasteiger partial charge in [-0.25, -0.2) is 9.48 Å². The number of carbonyl (C=O) groups excluding carboxylic acids is 3. The molecule has 1 N–H and O–H groups in total. The zero-order chi connectivity index (χ0) is 26.4. The van der Waals surface area contributed by atoms with E-state index in [-0.39, 0.29) is 0 Å². The van der Waals surface area contributed by atoms with Crippen molar-refractivity contribution in [2.75, 3.05) is 11.9 Å². The van der Waals surface area contributed by atoms with E-state index in [9.17, 15) is 14.4 Å². The number of ether oxygens (including phenoxy) is 1. The molecule has 5 rings (SSSR count). The summed E-state index contributed by atoms with van der Waals surface area (Å²) in [4.78, 5) is 43.2. The summed E-state index contributed by atoms with van der Waals surface area (Å²) in [5.74, 6) is -2.06. The van der Waals surface area contributed by atoms with Crippen LogP contribution in [0.2, 0.25) is 0 Å². The second-order valence-electron chi connectivity index (χ2n) is 10.1. The average molecular weight is 497 g/mol. The SMILES string of the molecule is CN1C(=O)[C@@](NC(=O)OC(C)(C)C)([C@@H](C(=O)n2cccn2)c2ccc3ccccc3c2)c2ccccc21. The number of para-hydroxylation sites is 1. The van der Waals surface area contributed by atoms with Gasteiger partial charge >= 0.3 is 6.09 Å². The van der Waals surface area contributed by atoms with Crippen LogP contribution in [0.5, 0.6) is 0 Å². The summed E-state index contributed by atoms with van der Waals surface area (Å²) in [7, 11) is 1.63. The van der Waals surface area contributed by atoms with Crippen molar-refractivity contribution >= 4 is 34.4 Å². The molecule has 0 unspecified atom stereocenters. The van der Waals surface area contributed by atoms with E-state index >= 15 is 0 Å². The molecule has 8 heteroatoms. The fraction of sp³-hybridized carbons (Fsp3) is 0.241. The molecule has 1 aromatic heterocycles. The lowest BCUT2D eigenvalue weighted by Gasteiger charge is -2.37. The van der Waals surface area contributed by atoms with E-state index in [1.54, 1.807) is 52.1 Å². The van der Waals surface area contributed by atoms with Gasteiger partial charge in [-0.3, -0.25) is 9.59 Å². The molecule has 188 valence electrons. The van der Waals surface area contributed by atoms with Gasteiger partial charge in [0, 0.05) is 30.7 Å². The van der Waals surface area contributed by atoms with Crippen molar-refractivity contribution in [1.29, 1.82) is 0 Å². The summed E-state index contributed by atoms with van der Waals surface area (Å²) < 4.78 is 6.80. The number of hydrogen-bond acceptors (Lipinski definition) is 5. The zero-order valence-corrected chi connectivity index (χ0v) is 21.1. The molecule has 1 aliphatic rings. The van der Waals surface area contributed by atoms with Crippen molar-refractivity contribution in [3.05, 3.63) is 96.3 Å². The van der Waals surface area contributed by atoms with E-state index in [2.05, 4.69) is 10.4 Å². The van der Waals surface area contributed by atoms with E-state index in [0.717, 1.165) is 10.8 Å². The molecule has 0 fully saturated rings. The molecule has 8 nitrogen and oxygen atoms in total. The van der Waals surface area contributed by atoms with Gasteiger partial charge in [-0.1, -0.05) is 60.7 Å². The van der Waals surface area contributed by atoms with Crippen LogP contribution in [-0.2, 0) is 15.1 Å². The predicted octanol–water partition coefficient (Wildman–Crippen LogP) is 4.86. The van der Waals surface area contributed by atoms with Gasteiger partial charge in [-0.05, 0) is 49.2 Å². The van der Waals surface area contributed by atoms with E-state index in [1.807, 2.05) is 48.5 Å². The molecule has 2 heterocycles. The Morgan fingerprint density at radius 2 is 1.68 bits per heavy atom. The van der Waals surface area contributed by atoms with Crippen LogP contribution in [0, 0.1) is 0 Å². The molecular weight excluding hydrogens is 468 g/mol. The highest BCUT2D eigenvalue weighted by Gasteiger charge is 2.59. The lowest BCUT2D eigenvalue weighted by molar-refractivity contribution is -0.124. The fourth-order valence-corrected chi connectivity index (χ4v) is 5.02. The van der Waals surface area contributed by atoms with Crippen LogP contribution in [-0.4, -0.2) is 40.3 Å². The minimum atomic E-state index is -1.78. The number of nitrogens with one attached hydrogen (secondary N) is 1. The lowest BCUT2D eigenvalue weighted by atomic mass is 9.74. The van der Waals surface area contributed by atoms with Crippen LogP contribution < -0.4 is 10.2 Å². The van der Waals surface area contributed by atoms with Crippen molar-refractivity contribution in [2.24, 2.45) is 0 Å². The Kier molecular flexibility index (Phi) is 5.82. The molecule has 2 atom stereocenters. The van der Waals surface area contributed by atoms with E-state index in [4.69, 9.17) is 4.74 Å². The molecule has 2 amide bonds. The first-order chi connectivity index (χ1) is 17.6. The minimum Gasteiger partial charge on any atom is -0.444 e. The number of carbonyl (C=O) groups is 3. The summed E-state index contributed by atoms with van der Waals surface area (Å²) >= 11 is 0. The van der Waals surface area contributed by atoms with Gasteiger partial charge in [0.1, 0.15) is 11.5 Å². The average Bonchev–Trinajstić information content (AvgIpc) is 3.47. The van der Waals surface area contributed by atoms with Gasteiger partial charge in [0.2, 0.25) is 0 Å². The number of aromatic nitrogens is 2. The zero-order valence-electron chi connectivity index (χ0n) is 21.1. The third kappa shape index (κ3) is 4.14. The summed E-state index contributed by atoms with van der Waals surface area (Å²) in [6.07, 6.45) is 2.23. The van der Waals surface area contributed by atoms with Crippen LogP contribution in [0.15, 0.2) is 85.2 Å². The monoisotopic (exact) mass is 496 g/mol. The predicted molar refractivity (Wildman–Crippen MR) is 140 cm³/mol. The van der Waals surface area contributed by atoms with Crippen LogP contribution >= 0.6 is 0 Å². The normalized spacial score (nSPS) is 17.9. The first-order valence-corrected chi connectivity index (χ1v) is 12.0. The number of likely N-dealkylation sites (N-methyl/N-ethyl adjacent to an activating group) is 1. The largest absolute Gasteiger partial charge is 0.444 e. The fourth-order valence-electron chi connectivity index (χ4n) is 5.02. The van der Waals surface area contributed by atoms with Crippen LogP contribution in [0.4, 0.5) is 10.5 Å². The van der Waals surface area contributed by atoms with Gasteiger partial charge in [0.05, 0.1) is 0 Å². The maximum atomic E-state index is 14.2. The van der Waals surface area contributed by atoms with E-state index < -0.39 is 35.0 Å². The number of nitrogens with zero attached hydrogens (tertiary/aromatic N) is 3. The van der Waals surface area contributed by atoms with Gasteiger partial charge in [0.15, 0.2) is 5.54 Å². The van der Waals surface area contributed by atoms with Gasteiger partial charge < -0.3 is 15.0 Å². The smallest absolute Gasteiger partial charge is 0.408 e. The molecule has 0 saturated heterocycles. The first kappa shape index (κ1) is 24.2. The molecule has 3 aromatic carbocycles. The molecule has 1 aliphatic heterocycles. The highest BCUT2D eigenvalue weighted by Crippen LogP contribution is 2.49. The maximum Gasteiger partial charge on any atom is 0.408 e. The molecule has 0 spiro atoms. The van der Waals surface area contributed by atoms with E-state index in [0.29, 0.717) is 16.8 Å². The van der Waals surface area contributed by atoms with Crippen molar-refractivity contribution in [3.8, 4) is 0 Å². The van der Waals surface area contributed by atoms with Gasteiger partial charge in [-0.2, -0.15) is 5.10 Å². The van der Waals surface area contributed by atoms with E-state index in [1.165, 1.54) is 22.0 Å². The molecular formula is C29H28N4O4. The standard InChI is InChI=1S/C29H28N4O4/c1-28(2,3)37-27(36)31-29(22-12-7-8-13-23(22)32(4)26(29)35)24(25(34)33-17-9-16-30-33)21-15-14-19-10-5-6-11-20(19)18-21/h5-18,24H,1-4H3,(H,31,36)/t24-,29+/m1/s1. The third-order valence-electron chi connectivity index (χ3n) is 6.55. The Morgan fingerprint density at radius 3 is 2.38 bits per heavy atom. The molecule has 0 saturated carbocycles. The van der Waals surface area contributed by atoms with Crippen molar-refractivity contribution < 1.29 is 19.1 Å². The van der Waals surface area contributed by atoms with Crippen molar-refractivity contribution in [1.82, 2.24) is 15.1 Å². The number of benzene rings is 3. The summed E-state index contributed by atoms with van der Waals surface area (Å²) in [5, 5.41) is 8.91. The number of hydrogen-bond donors (Lipinski definition) is 1. The number of alkyl carbamates (subject to hydrolysis) is 1. The Morgan fingerprint density at radius 1 is 0.973 bits per heavy atom. The Balaban J connectivity index is 1.78. The quantitative estimate of drug-likeness (QED) is 0.436. The van der Waals surface area contributed by atoms with Crippen LogP contribution in [0.25, 0.3) is 10.8 Å². The topological polar surface area (TPSA) is 93.5 Å². The number of rotatable bonds is 4. The summed E-state index contributed by atoms with van der Waals surface area (Å²) in [5.41, 5.74) is -0.926. The minimum absolute atomic E-state index is 0.446. The van der Waals surface area contributed by atoms with Crippen molar-refractivity contribution in [3.63, 3.8) is 0 Å². The Bertz CT molecular complexity index is 1510. The second-order valence-corrected chi connectivity index (χ2v) is 10.1. The molecule has 4 aromatic rings. The molecule has 0 bridgehead atoms. The lowest BCUT2D eigenvalue weighted by Crippen LogP contribution is -2.59. The number of anilines is 1. The number of fused-ring (bicyclic) bond motifs is 2. The highest BCUT2D eigenvalue weighted by atomic mass is 16.6. The summed E-state index contributed by atoms with van der Waals surface area (Å²) in [6, 6.07) is 22.2. The number of amides is 2. The Labute approximate surface area is 214 Å². The highest BCUT2D eigenvalue weighted by molar-refractivity contribution is 6.13. The van der Waals surface area contributed by atoms with Gasteiger partial charge in [0.25, 0.3) is 11.8 Å². The van der Waals surface area contributed by atoms with Crippen LogP contribution in [0.3, 0.4) is 0 Å². The maximum absolute atomic E-state index is 14.2. The molecule has 0 radical (unpaired) electrons. The second kappa shape index (κ2) is 8.89. The first-order valence-electron chi connectivity index (χ1n) is 12.0. The molecule has 37 heavy (non-hydrogen) atoms.